The molecule has 11 nitrogen and oxygen atoms in total. The van der Waals surface area contributed by atoms with Crippen molar-refractivity contribution >= 4 is 48.9 Å². The summed E-state index contributed by atoms with van der Waals surface area (Å²) in [6, 6.07) is 0.918. The van der Waals surface area contributed by atoms with Crippen LogP contribution in [0.3, 0.4) is 0 Å². The number of phenols is 1. The van der Waals surface area contributed by atoms with E-state index in [4.69, 9.17) is 5.73 Å². The Morgan fingerprint density at radius 2 is 1.34 bits per heavy atom. The number of carbonyl (C=O) groups is 4. The molecule has 0 heterocycles. The van der Waals surface area contributed by atoms with Crippen molar-refractivity contribution < 1.29 is 34.5 Å². The van der Waals surface area contributed by atoms with Gasteiger partial charge in [-0.05, 0) is 24.6 Å². The Morgan fingerprint density at radius 3 is 1.75 bits per heavy atom. The van der Waals surface area contributed by atoms with E-state index in [0.717, 1.165) is 0 Å². The zero-order valence-electron chi connectivity index (χ0n) is 17.3. The van der Waals surface area contributed by atoms with Crippen LogP contribution in [-0.2, 0) is 25.6 Å². The predicted molar refractivity (Wildman–Crippen MR) is 123 cm³/mol. The highest BCUT2D eigenvalue weighted by molar-refractivity contribution is 7.80. The smallest absolute Gasteiger partial charge is 0.326 e. The van der Waals surface area contributed by atoms with Crippen molar-refractivity contribution in [1.82, 2.24) is 16.0 Å². The van der Waals surface area contributed by atoms with Crippen molar-refractivity contribution in [2.45, 2.75) is 43.6 Å². The number of carboxylic acids is 1. The highest BCUT2D eigenvalue weighted by Crippen LogP contribution is 2.11. The first-order chi connectivity index (χ1) is 15.0. The highest BCUT2D eigenvalue weighted by atomic mass is 32.1. The third-order valence-electron chi connectivity index (χ3n) is 4.44. The Bertz CT molecular complexity index is 807. The van der Waals surface area contributed by atoms with Crippen LogP contribution < -0.4 is 21.7 Å². The molecule has 5 atom stereocenters. The van der Waals surface area contributed by atoms with Crippen LogP contribution in [0.4, 0.5) is 0 Å². The van der Waals surface area contributed by atoms with Crippen molar-refractivity contribution in [3.05, 3.63) is 29.8 Å². The summed E-state index contributed by atoms with van der Waals surface area (Å²) in [5.74, 6) is -3.87. The second-order valence-electron chi connectivity index (χ2n) is 7.02. The van der Waals surface area contributed by atoms with Crippen LogP contribution in [0.1, 0.15) is 12.5 Å². The number of benzene rings is 1. The SMILES string of the molecule is CC(O)C(N)C(=O)NC(CS)C(=O)NC(CS)C(=O)NC(Cc1ccc(O)cc1)C(=O)O. The van der Waals surface area contributed by atoms with Gasteiger partial charge in [0.15, 0.2) is 0 Å². The second kappa shape index (κ2) is 13.2. The van der Waals surface area contributed by atoms with Crippen molar-refractivity contribution in [3.63, 3.8) is 0 Å². The van der Waals surface area contributed by atoms with Gasteiger partial charge in [-0.1, -0.05) is 12.1 Å². The molecule has 3 amide bonds. The molecule has 0 aromatic heterocycles. The van der Waals surface area contributed by atoms with Gasteiger partial charge in [-0.25, -0.2) is 4.79 Å². The molecule has 13 heteroatoms. The van der Waals surface area contributed by atoms with Gasteiger partial charge in [0, 0.05) is 17.9 Å². The number of nitrogens with one attached hydrogen (secondary N) is 3. The lowest BCUT2D eigenvalue weighted by atomic mass is 10.1. The lowest BCUT2D eigenvalue weighted by molar-refractivity contribution is -0.142. The van der Waals surface area contributed by atoms with E-state index in [9.17, 15) is 34.5 Å². The summed E-state index contributed by atoms with van der Waals surface area (Å²) in [6.45, 7) is 1.32. The Morgan fingerprint density at radius 1 is 0.906 bits per heavy atom. The van der Waals surface area contributed by atoms with Gasteiger partial charge in [-0.3, -0.25) is 14.4 Å². The maximum Gasteiger partial charge on any atom is 0.326 e. The van der Waals surface area contributed by atoms with Gasteiger partial charge in [-0.15, -0.1) is 0 Å². The minimum Gasteiger partial charge on any atom is -0.508 e. The molecule has 32 heavy (non-hydrogen) atoms. The molecule has 178 valence electrons. The maximum atomic E-state index is 12.6. The molecule has 1 aromatic rings. The minimum atomic E-state index is -1.30. The van der Waals surface area contributed by atoms with Crippen LogP contribution in [0.15, 0.2) is 24.3 Å². The summed E-state index contributed by atoms with van der Waals surface area (Å²) in [6.07, 6.45) is -1.20. The van der Waals surface area contributed by atoms with Crippen molar-refractivity contribution in [1.29, 1.82) is 0 Å². The molecule has 0 bridgehead atoms. The van der Waals surface area contributed by atoms with E-state index in [2.05, 4.69) is 41.2 Å². The van der Waals surface area contributed by atoms with Gasteiger partial charge in [-0.2, -0.15) is 25.3 Å². The van der Waals surface area contributed by atoms with E-state index >= 15 is 0 Å². The standard InChI is InChI=1S/C19H28N4O7S2/c1-9(24)15(20)18(28)23-14(8-32)17(27)22-13(7-31)16(26)21-12(19(29)30)6-10-2-4-11(25)5-3-10/h2-5,9,12-15,24-25,31-32H,6-8,20H2,1H3,(H,21,26)(H,22,27)(H,23,28)(H,29,30). The molecule has 0 radical (unpaired) electrons. The van der Waals surface area contributed by atoms with E-state index in [1.807, 2.05) is 0 Å². The van der Waals surface area contributed by atoms with E-state index in [-0.39, 0.29) is 23.7 Å². The number of nitrogens with two attached hydrogens (primary N) is 1. The van der Waals surface area contributed by atoms with Crippen LogP contribution in [0.2, 0.25) is 0 Å². The Kier molecular flexibility index (Phi) is 11.3. The van der Waals surface area contributed by atoms with E-state index < -0.39 is 54.0 Å². The number of aliphatic hydroxyl groups is 1. The summed E-state index contributed by atoms with van der Waals surface area (Å²) in [5.41, 5.74) is 6.09. The zero-order valence-corrected chi connectivity index (χ0v) is 19.1. The number of thiol groups is 2. The maximum absolute atomic E-state index is 12.6. The van der Waals surface area contributed by atoms with Gasteiger partial charge < -0.3 is 37.0 Å². The number of aliphatic carboxylic acids is 1. The van der Waals surface area contributed by atoms with E-state index in [1.54, 1.807) is 0 Å². The normalized spacial score (nSPS) is 15.5. The van der Waals surface area contributed by atoms with Gasteiger partial charge >= 0.3 is 5.97 Å². The third-order valence-corrected chi connectivity index (χ3v) is 5.17. The molecular weight excluding hydrogens is 460 g/mol. The average molecular weight is 489 g/mol. The molecule has 1 aromatic carbocycles. The zero-order chi connectivity index (χ0) is 24.4. The summed E-state index contributed by atoms with van der Waals surface area (Å²) in [7, 11) is 0. The van der Waals surface area contributed by atoms with Gasteiger partial charge in [0.2, 0.25) is 17.7 Å². The average Bonchev–Trinajstić information content (AvgIpc) is 2.75. The molecule has 0 aliphatic carbocycles. The second-order valence-corrected chi connectivity index (χ2v) is 7.75. The third kappa shape index (κ3) is 8.57. The van der Waals surface area contributed by atoms with Crippen molar-refractivity contribution in [2.75, 3.05) is 11.5 Å². The molecule has 0 aliphatic rings. The van der Waals surface area contributed by atoms with Crippen LogP contribution in [0, 0.1) is 0 Å². The number of hydrogen-bond acceptors (Lipinski definition) is 9. The van der Waals surface area contributed by atoms with E-state index in [0.29, 0.717) is 5.56 Å². The topological polar surface area (TPSA) is 191 Å². The largest absolute Gasteiger partial charge is 0.508 e. The first-order valence-electron chi connectivity index (χ1n) is 9.57. The highest BCUT2D eigenvalue weighted by Gasteiger charge is 2.30. The number of aliphatic hydroxyl groups excluding tert-OH is 1. The molecular formula is C19H28N4O7S2. The van der Waals surface area contributed by atoms with E-state index in [1.165, 1.54) is 31.2 Å². The number of amides is 3. The molecule has 8 N–H and O–H groups in total. The molecule has 0 fully saturated rings. The fourth-order valence-corrected chi connectivity index (χ4v) is 3.00. The first-order valence-corrected chi connectivity index (χ1v) is 10.8. The monoisotopic (exact) mass is 488 g/mol. The number of rotatable bonds is 12. The van der Waals surface area contributed by atoms with Crippen LogP contribution >= 0.6 is 25.3 Å². The number of carboxylic acid groups (broad SMARTS) is 1. The Hall–Kier alpha value is -2.48. The van der Waals surface area contributed by atoms with Crippen LogP contribution in [0.25, 0.3) is 0 Å². The van der Waals surface area contributed by atoms with Gasteiger partial charge in [0.25, 0.3) is 0 Å². The van der Waals surface area contributed by atoms with Gasteiger partial charge in [0.05, 0.1) is 6.10 Å². The molecule has 0 saturated heterocycles. The fraction of sp³-hybridized carbons (Fsp3) is 0.474. The number of phenolic OH excluding ortho intramolecular Hbond substituents is 1. The molecule has 5 unspecified atom stereocenters. The lowest BCUT2D eigenvalue weighted by Gasteiger charge is -2.24. The van der Waals surface area contributed by atoms with Crippen LogP contribution in [0.5, 0.6) is 5.75 Å². The number of aromatic hydroxyl groups is 1. The molecule has 1 rings (SSSR count). The summed E-state index contributed by atoms with van der Waals surface area (Å²) in [4.78, 5) is 48.6. The summed E-state index contributed by atoms with van der Waals surface area (Å²) in [5, 5.41) is 35.2. The number of carbonyl (C=O) groups excluding carboxylic acids is 3. The Balaban J connectivity index is 2.79. The fourth-order valence-electron chi connectivity index (χ4n) is 2.49. The van der Waals surface area contributed by atoms with Crippen LogP contribution in [-0.4, -0.2) is 80.8 Å². The Labute approximate surface area is 196 Å². The number of hydrogen-bond donors (Lipinski definition) is 9. The lowest BCUT2D eigenvalue weighted by Crippen LogP contribution is -2.59. The first kappa shape index (κ1) is 27.6. The van der Waals surface area contributed by atoms with Crippen molar-refractivity contribution in [2.24, 2.45) is 5.73 Å². The summed E-state index contributed by atoms with van der Waals surface area (Å²) < 4.78 is 0. The quantitative estimate of drug-likeness (QED) is 0.151. The minimum absolute atomic E-state index is 0.0164. The van der Waals surface area contributed by atoms with Gasteiger partial charge in [0.1, 0.15) is 29.9 Å². The summed E-state index contributed by atoms with van der Waals surface area (Å²) >= 11 is 8.04. The molecule has 0 saturated carbocycles. The molecule has 0 spiro atoms. The predicted octanol–water partition coefficient (Wildman–Crippen LogP) is -1.96. The van der Waals surface area contributed by atoms with Crippen molar-refractivity contribution in [3.8, 4) is 5.75 Å². The molecule has 0 aliphatic heterocycles.